The van der Waals surface area contributed by atoms with Crippen molar-refractivity contribution in [2.75, 3.05) is 0 Å². The van der Waals surface area contributed by atoms with E-state index in [9.17, 15) is 9.46 Å². The van der Waals surface area contributed by atoms with Gasteiger partial charge >= 0.3 is 7.82 Å². The molecular weight excluding hydrogens is 219 g/mol. The molecule has 0 aliphatic rings. The van der Waals surface area contributed by atoms with E-state index in [1.54, 1.807) is 20.8 Å². The van der Waals surface area contributed by atoms with E-state index in [4.69, 9.17) is 9.05 Å². The SMILES string of the molecule is CC(C)(C)OP(=O)(O)OCn1c[c]cn1. The summed E-state index contributed by atoms with van der Waals surface area (Å²) >= 11 is 0. The highest BCUT2D eigenvalue weighted by atomic mass is 31.2. The molecule has 0 fully saturated rings. The Balaban J connectivity index is 2.47. The fourth-order valence-electron chi connectivity index (χ4n) is 0.835. The normalized spacial score (nSPS) is 16.3. The summed E-state index contributed by atoms with van der Waals surface area (Å²) < 4.78 is 22.3. The summed E-state index contributed by atoms with van der Waals surface area (Å²) in [6.07, 6.45) is 2.92. The molecule has 1 radical (unpaired) electrons. The van der Waals surface area contributed by atoms with Crippen molar-refractivity contribution in [3.63, 3.8) is 0 Å². The summed E-state index contributed by atoms with van der Waals surface area (Å²) in [7, 11) is -4.03. The molecule has 1 atom stereocenters. The van der Waals surface area contributed by atoms with E-state index in [0.29, 0.717) is 0 Å². The lowest BCUT2D eigenvalue weighted by molar-refractivity contribution is 0.0463. The van der Waals surface area contributed by atoms with E-state index in [1.807, 2.05) is 0 Å². The summed E-state index contributed by atoms with van der Waals surface area (Å²) in [5, 5.41) is 3.76. The summed E-state index contributed by atoms with van der Waals surface area (Å²) in [6.45, 7) is 4.86. The van der Waals surface area contributed by atoms with Crippen LogP contribution in [0.15, 0.2) is 12.4 Å². The van der Waals surface area contributed by atoms with Gasteiger partial charge in [-0.2, -0.15) is 5.10 Å². The van der Waals surface area contributed by atoms with Gasteiger partial charge in [-0.05, 0) is 20.8 Å². The molecule has 6 nitrogen and oxygen atoms in total. The van der Waals surface area contributed by atoms with Crippen molar-refractivity contribution in [2.24, 2.45) is 0 Å². The fourth-order valence-corrected chi connectivity index (χ4v) is 1.84. The first-order chi connectivity index (χ1) is 6.79. The van der Waals surface area contributed by atoms with Crippen molar-refractivity contribution in [2.45, 2.75) is 33.1 Å². The highest BCUT2D eigenvalue weighted by Crippen LogP contribution is 2.47. The van der Waals surface area contributed by atoms with Gasteiger partial charge in [-0.3, -0.25) is 9.05 Å². The zero-order valence-electron chi connectivity index (χ0n) is 8.88. The van der Waals surface area contributed by atoms with Crippen molar-refractivity contribution >= 4 is 7.82 Å². The lowest BCUT2D eigenvalue weighted by atomic mass is 10.2. The van der Waals surface area contributed by atoms with Crippen molar-refractivity contribution in [1.82, 2.24) is 9.78 Å². The molecule has 15 heavy (non-hydrogen) atoms. The van der Waals surface area contributed by atoms with Crippen LogP contribution in [0, 0.1) is 6.07 Å². The smallest absolute Gasteiger partial charge is 0.302 e. The summed E-state index contributed by atoms with van der Waals surface area (Å²) in [4.78, 5) is 9.31. The first kappa shape index (κ1) is 12.4. The van der Waals surface area contributed by atoms with Crippen LogP contribution in [0.25, 0.3) is 0 Å². The second kappa shape index (κ2) is 4.45. The van der Waals surface area contributed by atoms with Gasteiger partial charge in [0, 0.05) is 12.3 Å². The number of phosphoric acid groups is 1. The van der Waals surface area contributed by atoms with E-state index in [-0.39, 0.29) is 6.73 Å². The molecule has 7 heteroatoms. The average Bonchev–Trinajstić information content (AvgIpc) is 2.47. The quantitative estimate of drug-likeness (QED) is 0.799. The maximum atomic E-state index is 11.4. The van der Waals surface area contributed by atoms with Crippen LogP contribution >= 0.6 is 7.82 Å². The average molecular weight is 233 g/mol. The van der Waals surface area contributed by atoms with Gasteiger partial charge in [0.1, 0.15) is 0 Å². The van der Waals surface area contributed by atoms with E-state index in [1.165, 1.54) is 17.1 Å². The standard InChI is InChI=1S/C8H14N2O4P/c1-8(2,3)14-15(11,12)13-7-10-6-4-5-9-10/h5-6H,7H2,1-3H3,(H,11,12). The van der Waals surface area contributed by atoms with Gasteiger partial charge in [0.05, 0.1) is 11.8 Å². The van der Waals surface area contributed by atoms with Gasteiger partial charge in [-0.15, -0.1) is 0 Å². The molecule has 0 amide bonds. The van der Waals surface area contributed by atoms with Gasteiger partial charge in [0.25, 0.3) is 0 Å². The predicted molar refractivity (Wildman–Crippen MR) is 52.8 cm³/mol. The molecule has 0 bridgehead atoms. The molecule has 0 aliphatic heterocycles. The molecule has 1 heterocycles. The van der Waals surface area contributed by atoms with Gasteiger partial charge in [0.15, 0.2) is 6.73 Å². The molecule has 1 rings (SSSR count). The zero-order chi connectivity index (χ0) is 11.5. The molecule has 0 saturated heterocycles. The van der Waals surface area contributed by atoms with E-state index >= 15 is 0 Å². The lowest BCUT2D eigenvalue weighted by Gasteiger charge is -2.22. The fraction of sp³-hybridized carbons (Fsp3) is 0.625. The van der Waals surface area contributed by atoms with Crippen LogP contribution in [0.4, 0.5) is 0 Å². The van der Waals surface area contributed by atoms with E-state index < -0.39 is 13.4 Å². The maximum Gasteiger partial charge on any atom is 0.474 e. The number of aromatic nitrogens is 2. The summed E-state index contributed by atoms with van der Waals surface area (Å²) in [6, 6.07) is 2.67. The van der Waals surface area contributed by atoms with Gasteiger partial charge in [-0.25, -0.2) is 9.25 Å². The molecule has 1 aromatic rings. The first-order valence-corrected chi connectivity index (χ1v) is 5.85. The Labute approximate surface area is 88.4 Å². The highest BCUT2D eigenvalue weighted by molar-refractivity contribution is 7.47. The Bertz CT molecular complexity index is 344. The summed E-state index contributed by atoms with van der Waals surface area (Å²) in [5.41, 5.74) is -0.736. The number of hydrogen-bond acceptors (Lipinski definition) is 4. The van der Waals surface area contributed by atoms with Crippen LogP contribution in [-0.4, -0.2) is 20.3 Å². The van der Waals surface area contributed by atoms with Gasteiger partial charge in [0.2, 0.25) is 0 Å². The topological polar surface area (TPSA) is 73.6 Å². The van der Waals surface area contributed by atoms with Crippen LogP contribution in [0.2, 0.25) is 0 Å². The third-order valence-corrected chi connectivity index (χ3v) is 2.47. The Morgan fingerprint density at radius 3 is 2.73 bits per heavy atom. The second-order valence-electron chi connectivity index (χ2n) is 3.91. The Morgan fingerprint density at radius 1 is 1.60 bits per heavy atom. The third-order valence-electron chi connectivity index (χ3n) is 1.25. The molecule has 1 aromatic heterocycles. The molecule has 0 aliphatic carbocycles. The largest absolute Gasteiger partial charge is 0.474 e. The molecule has 0 aromatic carbocycles. The Morgan fingerprint density at radius 2 is 2.27 bits per heavy atom. The van der Waals surface area contributed by atoms with Crippen LogP contribution in [0.5, 0.6) is 0 Å². The maximum absolute atomic E-state index is 11.4. The number of hydrogen-bond donors (Lipinski definition) is 1. The van der Waals surface area contributed by atoms with Crippen molar-refractivity contribution in [1.29, 1.82) is 0 Å². The van der Waals surface area contributed by atoms with E-state index in [0.717, 1.165) is 0 Å². The third kappa shape index (κ3) is 5.09. The minimum Gasteiger partial charge on any atom is -0.302 e. The van der Waals surface area contributed by atoms with Crippen molar-refractivity contribution in [3.8, 4) is 0 Å². The Hall–Kier alpha value is -0.680. The minimum atomic E-state index is -4.03. The van der Waals surface area contributed by atoms with Gasteiger partial charge in [-0.1, -0.05) is 0 Å². The number of nitrogens with zero attached hydrogens (tertiary/aromatic N) is 2. The molecular formula is C8H14N2O4P. The highest BCUT2D eigenvalue weighted by Gasteiger charge is 2.28. The van der Waals surface area contributed by atoms with Crippen molar-refractivity contribution in [3.05, 3.63) is 18.5 Å². The molecule has 85 valence electrons. The molecule has 1 N–H and O–H groups in total. The van der Waals surface area contributed by atoms with E-state index in [2.05, 4.69) is 11.2 Å². The predicted octanol–water partition coefficient (Wildman–Crippen LogP) is 1.57. The molecule has 1 unspecified atom stereocenters. The Kier molecular flexibility index (Phi) is 3.67. The van der Waals surface area contributed by atoms with Crippen LogP contribution in [0.1, 0.15) is 20.8 Å². The van der Waals surface area contributed by atoms with Crippen LogP contribution in [0.3, 0.4) is 0 Å². The van der Waals surface area contributed by atoms with Crippen molar-refractivity contribution < 1.29 is 18.5 Å². The molecule has 0 spiro atoms. The number of rotatable bonds is 4. The number of phosphoric ester groups is 1. The lowest BCUT2D eigenvalue weighted by Crippen LogP contribution is -2.18. The van der Waals surface area contributed by atoms with Crippen LogP contribution in [-0.2, 0) is 20.3 Å². The zero-order valence-corrected chi connectivity index (χ0v) is 9.77. The van der Waals surface area contributed by atoms with Crippen LogP contribution < -0.4 is 0 Å². The second-order valence-corrected chi connectivity index (χ2v) is 5.29. The first-order valence-electron chi connectivity index (χ1n) is 4.35. The van der Waals surface area contributed by atoms with Gasteiger partial charge < -0.3 is 4.89 Å². The monoisotopic (exact) mass is 233 g/mol. The molecule has 0 saturated carbocycles. The summed E-state index contributed by atoms with van der Waals surface area (Å²) in [5.74, 6) is 0. The minimum absolute atomic E-state index is 0.145.